The second-order valence-electron chi connectivity index (χ2n) is 3.63. The number of halogens is 1. The minimum atomic E-state index is -0.328. The standard InChI is InChI=1S/C14H11BrN2/c15-12-7-4-8-13(9-12)17-14(10-16)11-5-2-1-3-6-11/h1-9,14,17H. The molecule has 84 valence electrons. The van der Waals surface area contributed by atoms with Gasteiger partial charge in [0.1, 0.15) is 6.04 Å². The summed E-state index contributed by atoms with van der Waals surface area (Å²) in [7, 11) is 0. The molecule has 0 aliphatic rings. The van der Waals surface area contributed by atoms with Gasteiger partial charge in [-0.2, -0.15) is 5.26 Å². The molecular formula is C14H11BrN2. The maximum Gasteiger partial charge on any atom is 0.140 e. The highest BCUT2D eigenvalue weighted by Gasteiger charge is 2.09. The van der Waals surface area contributed by atoms with Gasteiger partial charge in [0.15, 0.2) is 0 Å². The Kier molecular flexibility index (Phi) is 3.79. The van der Waals surface area contributed by atoms with Crippen LogP contribution in [-0.4, -0.2) is 0 Å². The van der Waals surface area contributed by atoms with Gasteiger partial charge in [0.2, 0.25) is 0 Å². The minimum absolute atomic E-state index is 0.328. The molecule has 3 heteroatoms. The molecule has 2 aromatic carbocycles. The SMILES string of the molecule is N#CC(Nc1cccc(Br)c1)c1ccccc1. The summed E-state index contributed by atoms with van der Waals surface area (Å²) in [4.78, 5) is 0. The number of nitriles is 1. The molecule has 17 heavy (non-hydrogen) atoms. The zero-order chi connectivity index (χ0) is 12.1. The Morgan fingerprint density at radius 3 is 2.47 bits per heavy atom. The Labute approximate surface area is 109 Å². The molecule has 1 atom stereocenters. The maximum atomic E-state index is 9.19. The van der Waals surface area contributed by atoms with Crippen LogP contribution in [0.15, 0.2) is 59.1 Å². The molecular weight excluding hydrogens is 276 g/mol. The van der Waals surface area contributed by atoms with Crippen LogP contribution in [0.25, 0.3) is 0 Å². The second-order valence-corrected chi connectivity index (χ2v) is 4.54. The predicted octanol–water partition coefficient (Wildman–Crippen LogP) is 4.13. The minimum Gasteiger partial charge on any atom is -0.366 e. The van der Waals surface area contributed by atoms with Crippen LogP contribution in [0.2, 0.25) is 0 Å². The summed E-state index contributed by atoms with van der Waals surface area (Å²) in [6, 6.07) is 19.4. The van der Waals surface area contributed by atoms with E-state index < -0.39 is 0 Å². The molecule has 0 fully saturated rings. The third-order valence-corrected chi connectivity index (χ3v) is 2.89. The summed E-state index contributed by atoms with van der Waals surface area (Å²) in [5.74, 6) is 0. The molecule has 2 rings (SSSR count). The monoisotopic (exact) mass is 286 g/mol. The van der Waals surface area contributed by atoms with Gasteiger partial charge in [0.05, 0.1) is 6.07 Å². The van der Waals surface area contributed by atoms with Crippen LogP contribution < -0.4 is 5.32 Å². The smallest absolute Gasteiger partial charge is 0.140 e. The highest BCUT2D eigenvalue weighted by atomic mass is 79.9. The normalized spacial score (nSPS) is 11.5. The number of benzene rings is 2. The lowest BCUT2D eigenvalue weighted by atomic mass is 10.1. The number of hydrogen-bond acceptors (Lipinski definition) is 2. The fraction of sp³-hybridized carbons (Fsp3) is 0.0714. The Hall–Kier alpha value is -1.79. The Balaban J connectivity index is 2.20. The van der Waals surface area contributed by atoms with Crippen LogP contribution in [0.5, 0.6) is 0 Å². The van der Waals surface area contributed by atoms with Gasteiger partial charge in [-0.25, -0.2) is 0 Å². The fourth-order valence-corrected chi connectivity index (χ4v) is 1.98. The van der Waals surface area contributed by atoms with Gasteiger partial charge < -0.3 is 5.32 Å². The van der Waals surface area contributed by atoms with E-state index in [1.807, 2.05) is 54.6 Å². The van der Waals surface area contributed by atoms with Gasteiger partial charge in [0, 0.05) is 10.2 Å². The van der Waals surface area contributed by atoms with Crippen LogP contribution >= 0.6 is 15.9 Å². The topological polar surface area (TPSA) is 35.8 Å². The Morgan fingerprint density at radius 1 is 1.06 bits per heavy atom. The van der Waals surface area contributed by atoms with E-state index in [-0.39, 0.29) is 6.04 Å². The Morgan fingerprint density at radius 2 is 1.82 bits per heavy atom. The van der Waals surface area contributed by atoms with E-state index in [0.717, 1.165) is 15.7 Å². The first-order chi connectivity index (χ1) is 8.29. The maximum absolute atomic E-state index is 9.19. The largest absolute Gasteiger partial charge is 0.366 e. The first kappa shape index (κ1) is 11.7. The van der Waals surface area contributed by atoms with Crippen LogP contribution in [0.1, 0.15) is 11.6 Å². The van der Waals surface area contributed by atoms with E-state index in [4.69, 9.17) is 0 Å². The lowest BCUT2D eigenvalue weighted by Gasteiger charge is -2.13. The summed E-state index contributed by atoms with van der Waals surface area (Å²) in [6.45, 7) is 0. The summed E-state index contributed by atoms with van der Waals surface area (Å²) in [6.07, 6.45) is 0. The number of nitrogens with one attached hydrogen (secondary N) is 1. The van der Waals surface area contributed by atoms with Crippen molar-refractivity contribution in [2.24, 2.45) is 0 Å². The molecule has 1 unspecified atom stereocenters. The molecule has 0 aliphatic heterocycles. The van der Waals surface area contributed by atoms with E-state index in [2.05, 4.69) is 27.3 Å². The third-order valence-electron chi connectivity index (χ3n) is 2.40. The molecule has 2 aromatic rings. The fourth-order valence-electron chi connectivity index (χ4n) is 1.58. The van der Waals surface area contributed by atoms with Gasteiger partial charge in [-0.05, 0) is 23.8 Å². The van der Waals surface area contributed by atoms with Crippen molar-refractivity contribution in [3.05, 3.63) is 64.6 Å². The summed E-state index contributed by atoms with van der Waals surface area (Å²) in [5, 5.41) is 12.4. The summed E-state index contributed by atoms with van der Waals surface area (Å²) < 4.78 is 0.993. The van der Waals surface area contributed by atoms with Gasteiger partial charge in [-0.3, -0.25) is 0 Å². The first-order valence-corrected chi connectivity index (χ1v) is 6.05. The average molecular weight is 287 g/mol. The molecule has 0 aliphatic carbocycles. The van der Waals surface area contributed by atoms with Crippen molar-refractivity contribution in [1.29, 1.82) is 5.26 Å². The van der Waals surface area contributed by atoms with Crippen LogP contribution in [0.4, 0.5) is 5.69 Å². The number of nitrogens with zero attached hydrogens (tertiary/aromatic N) is 1. The molecule has 1 N–H and O–H groups in total. The number of rotatable bonds is 3. The van der Waals surface area contributed by atoms with Crippen molar-refractivity contribution in [2.75, 3.05) is 5.32 Å². The first-order valence-electron chi connectivity index (χ1n) is 5.26. The highest BCUT2D eigenvalue weighted by Crippen LogP contribution is 2.21. The van der Waals surface area contributed by atoms with Crippen molar-refractivity contribution in [3.63, 3.8) is 0 Å². The molecule has 0 radical (unpaired) electrons. The quantitative estimate of drug-likeness (QED) is 0.921. The average Bonchev–Trinajstić information content (AvgIpc) is 2.37. The van der Waals surface area contributed by atoms with E-state index in [1.54, 1.807) is 0 Å². The van der Waals surface area contributed by atoms with E-state index in [0.29, 0.717) is 0 Å². The van der Waals surface area contributed by atoms with Crippen molar-refractivity contribution in [3.8, 4) is 6.07 Å². The third kappa shape index (κ3) is 3.08. The molecule has 0 saturated carbocycles. The van der Waals surface area contributed by atoms with Crippen molar-refractivity contribution >= 4 is 21.6 Å². The van der Waals surface area contributed by atoms with Crippen molar-refractivity contribution in [1.82, 2.24) is 0 Å². The number of anilines is 1. The molecule has 0 aromatic heterocycles. The van der Waals surface area contributed by atoms with E-state index in [9.17, 15) is 5.26 Å². The van der Waals surface area contributed by atoms with Crippen molar-refractivity contribution in [2.45, 2.75) is 6.04 Å². The lowest BCUT2D eigenvalue weighted by Crippen LogP contribution is -2.08. The van der Waals surface area contributed by atoms with Gasteiger partial charge in [-0.15, -0.1) is 0 Å². The lowest BCUT2D eigenvalue weighted by molar-refractivity contribution is 0.997. The van der Waals surface area contributed by atoms with Crippen LogP contribution in [0, 0.1) is 11.3 Å². The predicted molar refractivity (Wildman–Crippen MR) is 72.6 cm³/mol. The molecule has 0 spiro atoms. The summed E-state index contributed by atoms with van der Waals surface area (Å²) >= 11 is 3.41. The van der Waals surface area contributed by atoms with Gasteiger partial charge in [-0.1, -0.05) is 52.3 Å². The zero-order valence-electron chi connectivity index (χ0n) is 9.10. The van der Waals surface area contributed by atoms with Gasteiger partial charge in [0.25, 0.3) is 0 Å². The highest BCUT2D eigenvalue weighted by molar-refractivity contribution is 9.10. The molecule has 0 amide bonds. The number of hydrogen-bond donors (Lipinski definition) is 1. The molecule has 0 saturated heterocycles. The van der Waals surface area contributed by atoms with Crippen LogP contribution in [-0.2, 0) is 0 Å². The van der Waals surface area contributed by atoms with E-state index in [1.165, 1.54) is 0 Å². The molecule has 0 heterocycles. The Bertz CT molecular complexity index is 531. The molecule has 0 bridgehead atoms. The molecule has 2 nitrogen and oxygen atoms in total. The zero-order valence-corrected chi connectivity index (χ0v) is 10.7. The van der Waals surface area contributed by atoms with Gasteiger partial charge >= 0.3 is 0 Å². The van der Waals surface area contributed by atoms with Crippen molar-refractivity contribution < 1.29 is 0 Å². The van der Waals surface area contributed by atoms with E-state index >= 15 is 0 Å². The van der Waals surface area contributed by atoms with Crippen LogP contribution in [0.3, 0.4) is 0 Å². The summed E-state index contributed by atoms with van der Waals surface area (Å²) in [5.41, 5.74) is 1.89. The second kappa shape index (κ2) is 5.51.